The summed E-state index contributed by atoms with van der Waals surface area (Å²) < 4.78 is 0. The van der Waals surface area contributed by atoms with Gasteiger partial charge in [0.15, 0.2) is 5.13 Å². The molecule has 0 radical (unpaired) electrons. The van der Waals surface area contributed by atoms with Gasteiger partial charge in [-0.25, -0.2) is 0 Å². The molecule has 2 heterocycles. The Balaban J connectivity index is 1.59. The number of nitrogens with zero attached hydrogens (tertiary/aromatic N) is 2. The van der Waals surface area contributed by atoms with Gasteiger partial charge in [0.25, 0.3) is 0 Å². The molecule has 4 rings (SSSR count). The molecule has 0 atom stereocenters. The number of aliphatic imine (C=N–C) groups is 1. The standard InChI is InChI=1S/C20H17N3OS/c1-2-13-7-9-15(10-8-13)22-20-23-19(24)18(25-20)11-14-12-21-17-6-4-3-5-16(14)17/h3-12,24H,2H2,1H3,(H,22,23)/b14-11-. The molecule has 0 fully saturated rings. The Kier molecular flexibility index (Phi) is 4.07. The average molecular weight is 347 g/mol. The van der Waals surface area contributed by atoms with E-state index in [9.17, 15) is 5.11 Å². The molecule has 0 spiro atoms. The molecule has 2 aromatic carbocycles. The van der Waals surface area contributed by atoms with Crippen LogP contribution in [-0.4, -0.2) is 16.3 Å². The van der Waals surface area contributed by atoms with Crippen LogP contribution in [0.5, 0.6) is 5.88 Å². The van der Waals surface area contributed by atoms with E-state index in [2.05, 4.69) is 34.3 Å². The maximum Gasteiger partial charge on any atom is 0.231 e. The molecule has 0 saturated carbocycles. The lowest BCUT2D eigenvalue weighted by atomic mass is 10.1. The smallest absolute Gasteiger partial charge is 0.231 e. The summed E-state index contributed by atoms with van der Waals surface area (Å²) in [7, 11) is 0. The highest BCUT2D eigenvalue weighted by molar-refractivity contribution is 7.16. The number of aryl methyl sites for hydroxylation is 1. The first-order valence-electron chi connectivity index (χ1n) is 8.14. The fourth-order valence-corrected chi connectivity index (χ4v) is 3.55. The number of nitrogens with one attached hydrogen (secondary N) is 1. The number of anilines is 2. The van der Waals surface area contributed by atoms with Crippen LogP contribution in [0.15, 0.2) is 53.5 Å². The molecule has 1 aliphatic heterocycles. The SMILES string of the molecule is CCc1ccc(Nc2nc(O)c(/C=C3/C=Nc4ccccc43)s2)cc1. The van der Waals surface area contributed by atoms with Crippen molar-refractivity contribution < 1.29 is 5.11 Å². The Bertz CT molecular complexity index is 971. The molecule has 0 saturated heterocycles. The first kappa shape index (κ1) is 15.6. The van der Waals surface area contributed by atoms with E-state index in [-0.39, 0.29) is 5.88 Å². The summed E-state index contributed by atoms with van der Waals surface area (Å²) in [4.78, 5) is 9.33. The second kappa shape index (κ2) is 6.53. The summed E-state index contributed by atoms with van der Waals surface area (Å²) in [5.41, 5.74) is 5.25. The zero-order valence-corrected chi connectivity index (χ0v) is 14.5. The van der Waals surface area contributed by atoms with Crippen molar-refractivity contribution in [1.29, 1.82) is 0 Å². The second-order valence-electron chi connectivity index (χ2n) is 5.76. The molecular formula is C20H17N3OS. The van der Waals surface area contributed by atoms with Gasteiger partial charge in [-0.15, -0.1) is 0 Å². The minimum Gasteiger partial charge on any atom is -0.492 e. The summed E-state index contributed by atoms with van der Waals surface area (Å²) >= 11 is 1.42. The zero-order chi connectivity index (χ0) is 17.2. The molecule has 4 nitrogen and oxygen atoms in total. The summed E-state index contributed by atoms with van der Waals surface area (Å²) in [6, 6.07) is 16.2. The summed E-state index contributed by atoms with van der Waals surface area (Å²) in [6.07, 6.45) is 4.76. The number of aromatic nitrogens is 1. The molecule has 2 N–H and O–H groups in total. The van der Waals surface area contributed by atoms with Crippen molar-refractivity contribution >= 4 is 45.7 Å². The molecule has 5 heteroatoms. The van der Waals surface area contributed by atoms with E-state index >= 15 is 0 Å². The Hall–Kier alpha value is -2.92. The van der Waals surface area contributed by atoms with Crippen molar-refractivity contribution in [2.24, 2.45) is 4.99 Å². The predicted molar refractivity (Wildman–Crippen MR) is 105 cm³/mol. The number of para-hydroxylation sites is 1. The van der Waals surface area contributed by atoms with Gasteiger partial charge in [-0.2, -0.15) is 4.98 Å². The Morgan fingerprint density at radius 2 is 1.92 bits per heavy atom. The minimum atomic E-state index is 0.0305. The molecule has 3 aromatic rings. The zero-order valence-electron chi connectivity index (χ0n) is 13.7. The maximum atomic E-state index is 10.2. The van der Waals surface area contributed by atoms with Crippen LogP contribution in [0.25, 0.3) is 11.6 Å². The van der Waals surface area contributed by atoms with Crippen LogP contribution in [-0.2, 0) is 6.42 Å². The Labute approximate surface area is 150 Å². The van der Waals surface area contributed by atoms with Crippen LogP contribution in [0.4, 0.5) is 16.5 Å². The minimum absolute atomic E-state index is 0.0305. The van der Waals surface area contributed by atoms with Gasteiger partial charge in [-0.1, -0.05) is 48.6 Å². The van der Waals surface area contributed by atoms with E-state index in [4.69, 9.17) is 0 Å². The number of hydrogen-bond acceptors (Lipinski definition) is 5. The molecular weight excluding hydrogens is 330 g/mol. The van der Waals surface area contributed by atoms with Crippen LogP contribution in [0.2, 0.25) is 0 Å². The topological polar surface area (TPSA) is 57.5 Å². The van der Waals surface area contributed by atoms with E-state index < -0.39 is 0 Å². The summed E-state index contributed by atoms with van der Waals surface area (Å²) in [5, 5.41) is 14.1. The van der Waals surface area contributed by atoms with Gasteiger partial charge in [0, 0.05) is 23.0 Å². The van der Waals surface area contributed by atoms with E-state index in [1.807, 2.05) is 48.7 Å². The highest BCUT2D eigenvalue weighted by Gasteiger charge is 2.14. The van der Waals surface area contributed by atoms with Gasteiger partial charge in [0.2, 0.25) is 5.88 Å². The van der Waals surface area contributed by atoms with Crippen LogP contribution in [0.3, 0.4) is 0 Å². The van der Waals surface area contributed by atoms with Crippen molar-refractivity contribution in [1.82, 2.24) is 4.98 Å². The van der Waals surface area contributed by atoms with Gasteiger partial charge in [0.1, 0.15) is 0 Å². The van der Waals surface area contributed by atoms with Crippen LogP contribution in [0.1, 0.15) is 22.9 Å². The predicted octanol–water partition coefficient (Wildman–Crippen LogP) is 5.41. The molecule has 124 valence electrons. The summed E-state index contributed by atoms with van der Waals surface area (Å²) in [5.74, 6) is 0.0305. The van der Waals surface area contributed by atoms with Crippen LogP contribution < -0.4 is 5.32 Å². The van der Waals surface area contributed by atoms with E-state index in [1.54, 1.807) is 0 Å². The van der Waals surface area contributed by atoms with Crippen molar-refractivity contribution in [2.45, 2.75) is 13.3 Å². The Morgan fingerprint density at radius 3 is 2.72 bits per heavy atom. The normalized spacial score (nSPS) is 14.0. The molecule has 0 bridgehead atoms. The van der Waals surface area contributed by atoms with Crippen molar-refractivity contribution in [3.63, 3.8) is 0 Å². The number of aromatic hydroxyl groups is 1. The van der Waals surface area contributed by atoms with Gasteiger partial charge in [-0.05, 0) is 36.3 Å². The highest BCUT2D eigenvalue weighted by Crippen LogP contribution is 2.37. The third kappa shape index (κ3) is 3.19. The third-order valence-electron chi connectivity index (χ3n) is 4.09. The van der Waals surface area contributed by atoms with Crippen LogP contribution in [0, 0.1) is 0 Å². The lowest BCUT2D eigenvalue weighted by Crippen LogP contribution is -1.89. The monoisotopic (exact) mass is 347 g/mol. The van der Waals surface area contributed by atoms with Crippen molar-refractivity contribution in [3.05, 3.63) is 64.5 Å². The van der Waals surface area contributed by atoms with E-state index in [0.717, 1.165) is 28.9 Å². The second-order valence-corrected chi connectivity index (χ2v) is 6.79. The molecule has 0 aliphatic carbocycles. The number of allylic oxidation sites excluding steroid dienone is 1. The van der Waals surface area contributed by atoms with Gasteiger partial charge < -0.3 is 10.4 Å². The first-order valence-corrected chi connectivity index (χ1v) is 8.95. The number of benzene rings is 2. The number of rotatable bonds is 4. The molecule has 25 heavy (non-hydrogen) atoms. The number of hydrogen-bond donors (Lipinski definition) is 2. The highest BCUT2D eigenvalue weighted by atomic mass is 32.1. The summed E-state index contributed by atoms with van der Waals surface area (Å²) in [6.45, 7) is 2.13. The molecule has 1 aromatic heterocycles. The fraction of sp³-hybridized carbons (Fsp3) is 0.100. The lowest BCUT2D eigenvalue weighted by molar-refractivity contribution is 0.457. The maximum absolute atomic E-state index is 10.2. The first-order chi connectivity index (χ1) is 12.2. The third-order valence-corrected chi connectivity index (χ3v) is 5.00. The molecule has 1 aliphatic rings. The van der Waals surface area contributed by atoms with Crippen LogP contribution >= 0.6 is 11.3 Å². The number of fused-ring (bicyclic) bond motifs is 1. The van der Waals surface area contributed by atoms with Gasteiger partial charge in [-0.3, -0.25) is 4.99 Å². The molecule has 0 amide bonds. The Morgan fingerprint density at radius 1 is 1.12 bits per heavy atom. The average Bonchev–Trinajstić information content (AvgIpc) is 3.20. The molecule has 0 unspecified atom stereocenters. The quantitative estimate of drug-likeness (QED) is 0.663. The van der Waals surface area contributed by atoms with E-state index in [0.29, 0.717) is 10.0 Å². The fourth-order valence-electron chi connectivity index (χ4n) is 2.71. The largest absolute Gasteiger partial charge is 0.492 e. The van der Waals surface area contributed by atoms with Gasteiger partial charge >= 0.3 is 0 Å². The number of thiazole rings is 1. The van der Waals surface area contributed by atoms with Crippen molar-refractivity contribution in [2.75, 3.05) is 5.32 Å². The lowest BCUT2D eigenvalue weighted by Gasteiger charge is -2.03. The van der Waals surface area contributed by atoms with E-state index in [1.165, 1.54) is 16.9 Å². The van der Waals surface area contributed by atoms with Crippen molar-refractivity contribution in [3.8, 4) is 5.88 Å². The van der Waals surface area contributed by atoms with Gasteiger partial charge in [0.05, 0.1) is 10.6 Å².